The highest BCUT2D eigenvalue weighted by atomic mass is 32.2. The van der Waals surface area contributed by atoms with Gasteiger partial charge >= 0.3 is 0 Å². The number of fused-ring (bicyclic) bond motifs is 2. The number of anilines is 2. The summed E-state index contributed by atoms with van der Waals surface area (Å²) in [5.41, 5.74) is 2.96. The molecule has 0 spiro atoms. The van der Waals surface area contributed by atoms with E-state index in [1.807, 2.05) is 37.4 Å². The maximum atomic E-state index is 11.8. The van der Waals surface area contributed by atoms with Gasteiger partial charge in [0.2, 0.25) is 5.91 Å². The molecular formula is C20H22N2O2S. The van der Waals surface area contributed by atoms with Crippen molar-refractivity contribution in [2.75, 3.05) is 25.0 Å². The molecule has 0 radical (unpaired) electrons. The largest absolute Gasteiger partial charge is 0.346 e. The highest BCUT2D eigenvalue weighted by Gasteiger charge is 2.23. The van der Waals surface area contributed by atoms with Crippen LogP contribution in [0.4, 0.5) is 11.4 Å². The van der Waals surface area contributed by atoms with Gasteiger partial charge in [-0.05, 0) is 37.6 Å². The molecule has 1 heterocycles. The minimum absolute atomic E-state index is 0.0721. The van der Waals surface area contributed by atoms with Gasteiger partial charge in [-0.15, -0.1) is 0 Å². The van der Waals surface area contributed by atoms with Crippen molar-refractivity contribution < 1.29 is 9.59 Å². The number of nitrogens with zero attached hydrogens (tertiary/aromatic N) is 2. The Morgan fingerprint density at radius 3 is 2.48 bits per heavy atom. The zero-order valence-corrected chi connectivity index (χ0v) is 15.6. The van der Waals surface area contributed by atoms with E-state index in [-0.39, 0.29) is 11.7 Å². The maximum Gasteiger partial charge on any atom is 0.219 e. The van der Waals surface area contributed by atoms with Gasteiger partial charge in [-0.3, -0.25) is 9.59 Å². The van der Waals surface area contributed by atoms with E-state index in [2.05, 4.69) is 17.0 Å². The highest BCUT2D eigenvalue weighted by molar-refractivity contribution is 7.99. The van der Waals surface area contributed by atoms with Crippen LogP contribution in [0.15, 0.2) is 52.3 Å². The minimum atomic E-state index is 0.0721. The van der Waals surface area contributed by atoms with Crippen LogP contribution < -0.4 is 4.90 Å². The van der Waals surface area contributed by atoms with Crippen molar-refractivity contribution in [3.8, 4) is 0 Å². The van der Waals surface area contributed by atoms with Gasteiger partial charge in [-0.1, -0.05) is 30.0 Å². The van der Waals surface area contributed by atoms with Gasteiger partial charge in [0.05, 0.1) is 11.4 Å². The van der Waals surface area contributed by atoms with Gasteiger partial charge in [0, 0.05) is 42.4 Å². The van der Waals surface area contributed by atoms with Crippen molar-refractivity contribution in [3.05, 3.63) is 48.0 Å². The molecule has 0 bridgehead atoms. The lowest BCUT2D eigenvalue weighted by molar-refractivity contribution is -0.127. The second-order valence-corrected chi connectivity index (χ2v) is 7.34. The summed E-state index contributed by atoms with van der Waals surface area (Å²) in [5, 5.41) is 0. The van der Waals surface area contributed by atoms with Gasteiger partial charge < -0.3 is 9.80 Å². The summed E-state index contributed by atoms with van der Waals surface area (Å²) in [5.74, 6) is 0.150. The van der Waals surface area contributed by atoms with E-state index in [0.29, 0.717) is 6.54 Å². The highest BCUT2D eigenvalue weighted by Crippen LogP contribution is 2.48. The molecule has 0 saturated carbocycles. The van der Waals surface area contributed by atoms with E-state index < -0.39 is 0 Å². The van der Waals surface area contributed by atoms with Crippen molar-refractivity contribution in [1.82, 2.24) is 4.90 Å². The Kier molecular flexibility index (Phi) is 5.13. The molecule has 130 valence electrons. The number of Topliss-reactive ketones (excluding diaryl/α,β-unsaturated/α-hetero) is 1. The molecule has 25 heavy (non-hydrogen) atoms. The number of para-hydroxylation sites is 1. The molecule has 2 aromatic rings. The van der Waals surface area contributed by atoms with E-state index in [4.69, 9.17) is 0 Å². The van der Waals surface area contributed by atoms with Gasteiger partial charge in [0.15, 0.2) is 5.78 Å². The quantitative estimate of drug-likeness (QED) is 0.748. The molecule has 4 nitrogen and oxygen atoms in total. The zero-order chi connectivity index (χ0) is 18.0. The Bertz CT molecular complexity index is 819. The minimum Gasteiger partial charge on any atom is -0.346 e. The van der Waals surface area contributed by atoms with Crippen LogP contribution in [0.25, 0.3) is 0 Å². The molecule has 0 unspecified atom stereocenters. The topological polar surface area (TPSA) is 40.6 Å². The van der Waals surface area contributed by atoms with Gasteiger partial charge in [0.25, 0.3) is 0 Å². The number of benzene rings is 2. The molecule has 0 N–H and O–H groups in total. The third-order valence-electron chi connectivity index (χ3n) is 4.45. The first-order valence-electron chi connectivity index (χ1n) is 8.38. The molecule has 1 aliphatic rings. The lowest BCUT2D eigenvalue weighted by atomic mass is 10.1. The van der Waals surface area contributed by atoms with Crippen molar-refractivity contribution in [2.45, 2.75) is 30.1 Å². The number of carbonyl (C=O) groups excluding carboxylic acids is 2. The van der Waals surface area contributed by atoms with E-state index in [1.54, 1.807) is 30.5 Å². The molecule has 1 amide bonds. The second kappa shape index (κ2) is 7.31. The van der Waals surface area contributed by atoms with Crippen molar-refractivity contribution in [3.63, 3.8) is 0 Å². The van der Waals surface area contributed by atoms with Crippen molar-refractivity contribution >= 4 is 34.8 Å². The number of hydrogen-bond acceptors (Lipinski definition) is 4. The number of carbonyl (C=O) groups is 2. The molecule has 0 aliphatic carbocycles. The van der Waals surface area contributed by atoms with Crippen LogP contribution >= 0.6 is 11.8 Å². The first-order valence-corrected chi connectivity index (χ1v) is 9.20. The predicted molar refractivity (Wildman–Crippen MR) is 102 cm³/mol. The third kappa shape index (κ3) is 3.71. The average Bonchev–Trinajstić information content (AvgIpc) is 2.60. The fraction of sp³-hybridized carbons (Fsp3) is 0.300. The number of rotatable bonds is 5. The van der Waals surface area contributed by atoms with Crippen LogP contribution in [0, 0.1) is 0 Å². The first kappa shape index (κ1) is 17.5. The molecule has 0 fully saturated rings. The Labute approximate surface area is 152 Å². The number of amides is 1. The molecule has 0 saturated heterocycles. The predicted octanol–water partition coefficient (Wildman–Crippen LogP) is 4.36. The summed E-state index contributed by atoms with van der Waals surface area (Å²) in [6.45, 7) is 4.69. The standard InChI is InChI=1S/C20H22N2O2S/c1-14(23)16-9-10-20-18(13-16)22(12-6-11-21(3)15(2)24)17-7-4-5-8-19(17)25-20/h4-5,7-10,13H,6,11-12H2,1-3H3. The molecule has 3 rings (SSSR count). The van der Waals surface area contributed by atoms with Crippen LogP contribution in [0.2, 0.25) is 0 Å². The molecule has 1 aliphatic heterocycles. The lowest BCUT2D eigenvalue weighted by Gasteiger charge is -2.33. The van der Waals surface area contributed by atoms with Crippen LogP contribution in [0.3, 0.4) is 0 Å². The Balaban J connectivity index is 1.91. The number of hydrogen-bond donors (Lipinski definition) is 0. The van der Waals surface area contributed by atoms with Crippen LogP contribution in [-0.4, -0.2) is 36.7 Å². The van der Waals surface area contributed by atoms with Crippen LogP contribution in [0.1, 0.15) is 30.6 Å². The van der Waals surface area contributed by atoms with E-state index in [1.165, 1.54) is 4.90 Å². The Morgan fingerprint density at radius 2 is 1.76 bits per heavy atom. The molecular weight excluding hydrogens is 332 g/mol. The van der Waals surface area contributed by atoms with E-state index in [0.717, 1.165) is 34.8 Å². The van der Waals surface area contributed by atoms with E-state index in [9.17, 15) is 9.59 Å². The van der Waals surface area contributed by atoms with Crippen LogP contribution in [-0.2, 0) is 4.79 Å². The summed E-state index contributed by atoms with van der Waals surface area (Å²) in [6.07, 6.45) is 0.860. The first-order chi connectivity index (χ1) is 12.0. The fourth-order valence-electron chi connectivity index (χ4n) is 2.91. The summed E-state index contributed by atoms with van der Waals surface area (Å²) < 4.78 is 0. The monoisotopic (exact) mass is 354 g/mol. The Hall–Kier alpha value is -2.27. The molecule has 2 aromatic carbocycles. The fourth-order valence-corrected chi connectivity index (χ4v) is 3.99. The SMILES string of the molecule is CC(=O)c1ccc2c(c1)N(CCCN(C)C(C)=O)c1ccccc1S2. The molecule has 0 atom stereocenters. The van der Waals surface area contributed by atoms with Crippen molar-refractivity contribution in [2.24, 2.45) is 0 Å². The lowest BCUT2D eigenvalue weighted by Crippen LogP contribution is -2.29. The zero-order valence-electron chi connectivity index (χ0n) is 14.8. The Morgan fingerprint density at radius 1 is 1.04 bits per heavy atom. The van der Waals surface area contributed by atoms with Gasteiger partial charge in [-0.25, -0.2) is 0 Å². The molecule has 5 heteroatoms. The summed E-state index contributed by atoms with van der Waals surface area (Å²) in [4.78, 5) is 29.6. The van der Waals surface area contributed by atoms with Gasteiger partial charge in [-0.2, -0.15) is 0 Å². The van der Waals surface area contributed by atoms with E-state index >= 15 is 0 Å². The average molecular weight is 354 g/mol. The summed E-state index contributed by atoms with van der Waals surface area (Å²) >= 11 is 1.73. The smallest absolute Gasteiger partial charge is 0.219 e. The summed E-state index contributed by atoms with van der Waals surface area (Å²) in [7, 11) is 1.82. The second-order valence-electron chi connectivity index (χ2n) is 6.25. The van der Waals surface area contributed by atoms with Crippen molar-refractivity contribution in [1.29, 1.82) is 0 Å². The normalized spacial score (nSPS) is 12.4. The number of ketones is 1. The summed E-state index contributed by atoms with van der Waals surface area (Å²) in [6, 6.07) is 14.2. The van der Waals surface area contributed by atoms with Gasteiger partial charge in [0.1, 0.15) is 0 Å². The van der Waals surface area contributed by atoms with Crippen LogP contribution in [0.5, 0.6) is 0 Å². The third-order valence-corrected chi connectivity index (χ3v) is 5.58. The maximum absolute atomic E-state index is 11.8. The molecule has 0 aromatic heterocycles.